The van der Waals surface area contributed by atoms with Crippen molar-refractivity contribution in [3.63, 3.8) is 0 Å². The molecule has 0 aromatic carbocycles. The number of amides is 10. The maximum absolute atomic E-state index is 14.6. The Kier molecular flexibility index (Phi) is 30.9. The summed E-state index contributed by atoms with van der Waals surface area (Å²) in [5.74, 6) is -4.19. The normalized spacial score (nSPS) is 15.6. The zero-order valence-electron chi connectivity index (χ0n) is 49.5. The standard InChI is InChI=1S/C54H101N11O9/c1-23-24-25-38(14)29-42(62(19)53(73)46(36(10)11)64(21)54(74)65(22)51(71)40(55-16)26-32(2)3)49(69)58-45(35(8)9)52(72)60(17)30-44(67)61(18)41(27-33(4)5)50(70)59-47(37(12)13)63(20)43(28-34(6)7)57-39(15)48(68)56-31-66/h23-24,31-43,45-47,55,57H,25-30H2,1-22H3,(H,58,69)(H,59,70)(H,56,66,68)/b24-23+/t38-,39-,40+,41+,42+,43+,45?,46?,47?/m1/s1. The highest BCUT2D eigenvalue weighted by Crippen LogP contribution is 2.23. The van der Waals surface area contributed by atoms with Gasteiger partial charge in [-0.2, -0.15) is 0 Å². The van der Waals surface area contributed by atoms with Crippen molar-refractivity contribution in [3.8, 4) is 0 Å². The average Bonchev–Trinajstić information content (AvgIpc) is 3.31. The van der Waals surface area contributed by atoms with Gasteiger partial charge in [-0.3, -0.25) is 58.8 Å². The molecule has 3 unspecified atom stereocenters. The lowest BCUT2D eigenvalue weighted by Gasteiger charge is -2.41. The van der Waals surface area contributed by atoms with E-state index in [0.717, 1.165) is 4.90 Å². The number of hydrogen-bond donors (Lipinski definition) is 5. The maximum atomic E-state index is 14.6. The number of nitrogens with one attached hydrogen (secondary N) is 5. The quantitative estimate of drug-likeness (QED) is 0.0364. The predicted octanol–water partition coefficient (Wildman–Crippen LogP) is 4.10. The van der Waals surface area contributed by atoms with Crippen LogP contribution in [0.3, 0.4) is 0 Å². The van der Waals surface area contributed by atoms with Crippen LogP contribution in [0.1, 0.15) is 136 Å². The second-order valence-electron chi connectivity index (χ2n) is 22.7. The fraction of sp³-hybridized carbons (Fsp3) is 0.796. The van der Waals surface area contributed by atoms with E-state index in [-0.39, 0.29) is 42.2 Å². The highest BCUT2D eigenvalue weighted by molar-refractivity contribution is 5.99. The van der Waals surface area contributed by atoms with E-state index in [1.807, 2.05) is 93.3 Å². The topological polar surface area (TPSA) is 233 Å². The van der Waals surface area contributed by atoms with Gasteiger partial charge in [-0.1, -0.05) is 102 Å². The summed E-state index contributed by atoms with van der Waals surface area (Å²) in [7, 11) is 10.9. The molecule has 0 aliphatic carbocycles. The van der Waals surface area contributed by atoms with Crippen LogP contribution in [0.5, 0.6) is 0 Å². The molecule has 0 aliphatic rings. The summed E-state index contributed by atoms with van der Waals surface area (Å²) in [6.45, 7) is 28.1. The summed E-state index contributed by atoms with van der Waals surface area (Å²) in [6, 6.07) is -6.18. The number of nitrogens with zero attached hydrogens (tertiary/aromatic N) is 6. The summed E-state index contributed by atoms with van der Waals surface area (Å²) in [5, 5.41) is 14.6. The molecule has 0 saturated heterocycles. The number of rotatable bonds is 32. The van der Waals surface area contributed by atoms with E-state index < -0.39 is 108 Å². The van der Waals surface area contributed by atoms with E-state index in [1.165, 1.54) is 54.8 Å². The Balaban J connectivity index is 6.77. The van der Waals surface area contributed by atoms with Crippen LogP contribution in [-0.4, -0.2) is 188 Å². The Hall–Kier alpha value is -4.95. The number of hydrogen-bond acceptors (Lipinski definition) is 12. The first kappa shape index (κ1) is 69.0. The largest absolute Gasteiger partial charge is 0.342 e. The number of imide groups is 2. The number of likely N-dealkylation sites (N-methyl/N-ethyl adjacent to an activating group) is 6. The highest BCUT2D eigenvalue weighted by Gasteiger charge is 2.41. The van der Waals surface area contributed by atoms with E-state index in [1.54, 1.807) is 41.7 Å². The van der Waals surface area contributed by atoms with Crippen LogP contribution in [-0.2, 0) is 38.4 Å². The monoisotopic (exact) mass is 1050 g/mol. The predicted molar refractivity (Wildman–Crippen MR) is 292 cm³/mol. The summed E-state index contributed by atoms with van der Waals surface area (Å²) in [6.07, 6.45) is 5.56. The van der Waals surface area contributed by atoms with E-state index in [4.69, 9.17) is 0 Å². The molecule has 20 nitrogen and oxygen atoms in total. The molecule has 426 valence electrons. The van der Waals surface area contributed by atoms with E-state index in [9.17, 15) is 43.2 Å². The summed E-state index contributed by atoms with van der Waals surface area (Å²) >= 11 is 0. The molecule has 0 aliphatic heterocycles. The van der Waals surface area contributed by atoms with Crippen molar-refractivity contribution in [2.75, 3.05) is 55.9 Å². The molecular formula is C54H101N11O9. The lowest BCUT2D eigenvalue weighted by atomic mass is 9.94. The molecule has 9 atom stereocenters. The minimum absolute atomic E-state index is 0.00440. The molecule has 74 heavy (non-hydrogen) atoms. The zero-order chi connectivity index (χ0) is 57.6. The van der Waals surface area contributed by atoms with Gasteiger partial charge in [-0.15, -0.1) is 0 Å². The van der Waals surface area contributed by atoms with Crippen molar-refractivity contribution in [1.29, 1.82) is 0 Å². The summed E-state index contributed by atoms with van der Waals surface area (Å²) < 4.78 is 0. The van der Waals surface area contributed by atoms with Gasteiger partial charge in [0.2, 0.25) is 47.8 Å². The number of carbonyl (C=O) groups excluding carboxylic acids is 9. The number of carbonyl (C=O) groups is 9. The van der Waals surface area contributed by atoms with Crippen molar-refractivity contribution in [2.45, 2.75) is 185 Å². The van der Waals surface area contributed by atoms with Crippen molar-refractivity contribution in [2.24, 2.45) is 41.4 Å². The number of urea groups is 1. The first-order valence-corrected chi connectivity index (χ1v) is 26.6. The highest BCUT2D eigenvalue weighted by atomic mass is 16.2. The molecule has 0 radical (unpaired) electrons. The first-order valence-electron chi connectivity index (χ1n) is 26.6. The van der Waals surface area contributed by atoms with Gasteiger partial charge in [-0.05, 0) is 101 Å². The molecule has 20 heteroatoms. The average molecular weight is 1050 g/mol. The number of allylic oxidation sites excluding steroid dienone is 2. The van der Waals surface area contributed by atoms with Crippen LogP contribution in [0.15, 0.2) is 12.2 Å². The van der Waals surface area contributed by atoms with Crippen molar-refractivity contribution in [3.05, 3.63) is 12.2 Å². The SMILES string of the molecule is C/C=C/C[C@@H](C)C[C@@H](C(=O)NC(C(=O)N(C)CC(=O)N(C)[C@@H](CC(C)C)C(=O)NC(C(C)C)N(C)[C@@H](CC(C)C)N[C@H](C)C(=O)NC=O)C(C)C)N(C)C(=O)C(C(C)C)N(C)C(=O)N(C)C(=O)[C@H](CC(C)C)NC. The third kappa shape index (κ3) is 21.7. The lowest BCUT2D eigenvalue weighted by molar-refractivity contribution is -0.147. The Labute approximate surface area is 445 Å². The zero-order valence-corrected chi connectivity index (χ0v) is 49.5. The fourth-order valence-electron chi connectivity index (χ4n) is 9.02. The van der Waals surface area contributed by atoms with Crippen LogP contribution >= 0.6 is 0 Å². The fourth-order valence-corrected chi connectivity index (χ4v) is 9.02. The lowest BCUT2D eigenvalue weighted by Crippen LogP contribution is -2.62. The van der Waals surface area contributed by atoms with Gasteiger partial charge in [0.25, 0.3) is 0 Å². The molecule has 0 bridgehead atoms. The van der Waals surface area contributed by atoms with Gasteiger partial charge in [0.1, 0.15) is 24.2 Å². The molecular weight excluding hydrogens is 947 g/mol. The molecule has 0 rings (SSSR count). The third-order valence-corrected chi connectivity index (χ3v) is 13.5. The minimum Gasteiger partial charge on any atom is -0.342 e. The van der Waals surface area contributed by atoms with Gasteiger partial charge >= 0.3 is 6.03 Å². The van der Waals surface area contributed by atoms with E-state index in [0.29, 0.717) is 32.1 Å². The maximum Gasteiger partial charge on any atom is 0.326 e. The van der Waals surface area contributed by atoms with Gasteiger partial charge in [0, 0.05) is 35.2 Å². The molecule has 10 amide bonds. The first-order chi connectivity index (χ1) is 34.2. The van der Waals surface area contributed by atoms with Crippen LogP contribution in [0.25, 0.3) is 0 Å². The Morgan fingerprint density at radius 2 is 1.09 bits per heavy atom. The van der Waals surface area contributed by atoms with E-state index >= 15 is 0 Å². The van der Waals surface area contributed by atoms with Crippen molar-refractivity contribution in [1.82, 2.24) is 56.0 Å². The van der Waals surface area contributed by atoms with Crippen LogP contribution < -0.4 is 26.6 Å². The van der Waals surface area contributed by atoms with Crippen LogP contribution in [0.2, 0.25) is 0 Å². The van der Waals surface area contributed by atoms with Gasteiger partial charge in [0.15, 0.2) is 0 Å². The molecule has 0 saturated carbocycles. The van der Waals surface area contributed by atoms with Gasteiger partial charge in [0.05, 0.1) is 31.0 Å². The third-order valence-electron chi connectivity index (χ3n) is 13.5. The molecule has 0 spiro atoms. The molecule has 0 aromatic heterocycles. The van der Waals surface area contributed by atoms with E-state index in [2.05, 4.69) is 26.6 Å². The van der Waals surface area contributed by atoms with Crippen molar-refractivity contribution >= 4 is 53.8 Å². The Morgan fingerprint density at radius 3 is 1.55 bits per heavy atom. The second-order valence-corrected chi connectivity index (χ2v) is 22.7. The molecule has 0 fully saturated rings. The Morgan fingerprint density at radius 1 is 0.568 bits per heavy atom. The second kappa shape index (κ2) is 33.2. The summed E-state index contributed by atoms with van der Waals surface area (Å²) in [4.78, 5) is 131. The Bertz CT molecular complexity index is 1860. The van der Waals surface area contributed by atoms with Crippen molar-refractivity contribution < 1.29 is 43.2 Å². The molecule has 0 heterocycles. The minimum atomic E-state index is -1.12. The van der Waals surface area contributed by atoms with Crippen LogP contribution in [0.4, 0.5) is 4.79 Å². The molecule has 0 aromatic rings. The molecule has 5 N–H and O–H groups in total. The van der Waals surface area contributed by atoms with Gasteiger partial charge in [-0.25, -0.2) is 4.79 Å². The smallest absolute Gasteiger partial charge is 0.326 e. The van der Waals surface area contributed by atoms with Gasteiger partial charge < -0.3 is 35.6 Å². The van der Waals surface area contributed by atoms with Crippen LogP contribution in [0, 0.1) is 41.4 Å². The summed E-state index contributed by atoms with van der Waals surface area (Å²) in [5.41, 5.74) is 0.